The SMILES string of the molecule is CCOc1ccc(-c2noc(CCC(=O)Nc3nc4c(s3)CCC4)n2)cc1. The van der Waals surface area contributed by atoms with Crippen LogP contribution < -0.4 is 10.1 Å². The van der Waals surface area contributed by atoms with E-state index in [1.54, 1.807) is 11.3 Å². The number of anilines is 1. The van der Waals surface area contributed by atoms with Crippen molar-refractivity contribution in [3.05, 3.63) is 40.7 Å². The summed E-state index contributed by atoms with van der Waals surface area (Å²) in [6.07, 6.45) is 3.91. The molecule has 1 aliphatic rings. The monoisotopic (exact) mass is 384 g/mol. The number of amides is 1. The number of fused-ring (bicyclic) bond motifs is 1. The van der Waals surface area contributed by atoms with Crippen molar-refractivity contribution in [1.82, 2.24) is 15.1 Å². The van der Waals surface area contributed by atoms with Gasteiger partial charge in [-0.1, -0.05) is 5.16 Å². The first-order valence-corrected chi connectivity index (χ1v) is 9.87. The lowest BCUT2D eigenvalue weighted by Crippen LogP contribution is -2.12. The molecule has 0 atom stereocenters. The molecular weight excluding hydrogens is 364 g/mol. The number of carbonyl (C=O) groups excluding carboxylic acids is 1. The van der Waals surface area contributed by atoms with Crippen LogP contribution in [0.4, 0.5) is 5.13 Å². The number of rotatable bonds is 7. The molecule has 3 aromatic rings. The molecule has 140 valence electrons. The van der Waals surface area contributed by atoms with Gasteiger partial charge < -0.3 is 14.6 Å². The molecule has 7 nitrogen and oxygen atoms in total. The maximum Gasteiger partial charge on any atom is 0.227 e. The zero-order valence-corrected chi connectivity index (χ0v) is 15.8. The third-order valence-electron chi connectivity index (χ3n) is 4.30. The number of aromatic nitrogens is 3. The van der Waals surface area contributed by atoms with Crippen LogP contribution in [0.3, 0.4) is 0 Å². The summed E-state index contributed by atoms with van der Waals surface area (Å²) in [6.45, 7) is 2.56. The largest absolute Gasteiger partial charge is 0.494 e. The summed E-state index contributed by atoms with van der Waals surface area (Å²) in [7, 11) is 0. The van der Waals surface area contributed by atoms with Crippen LogP contribution in [0, 0.1) is 0 Å². The van der Waals surface area contributed by atoms with E-state index >= 15 is 0 Å². The van der Waals surface area contributed by atoms with E-state index < -0.39 is 0 Å². The summed E-state index contributed by atoms with van der Waals surface area (Å²) in [6, 6.07) is 7.50. The Morgan fingerprint density at radius 1 is 1.26 bits per heavy atom. The highest BCUT2D eigenvalue weighted by atomic mass is 32.1. The first-order valence-electron chi connectivity index (χ1n) is 9.05. The topological polar surface area (TPSA) is 90.1 Å². The van der Waals surface area contributed by atoms with Crippen molar-refractivity contribution in [3.8, 4) is 17.1 Å². The predicted molar refractivity (Wildman–Crippen MR) is 102 cm³/mol. The minimum absolute atomic E-state index is 0.0942. The number of ether oxygens (including phenoxy) is 1. The molecule has 0 unspecified atom stereocenters. The number of thiazole rings is 1. The highest BCUT2D eigenvalue weighted by Gasteiger charge is 2.18. The minimum Gasteiger partial charge on any atom is -0.494 e. The van der Waals surface area contributed by atoms with Crippen molar-refractivity contribution in [3.63, 3.8) is 0 Å². The lowest BCUT2D eigenvalue weighted by Gasteiger charge is -2.02. The van der Waals surface area contributed by atoms with Crippen LogP contribution in [0.1, 0.15) is 36.2 Å². The molecule has 1 N–H and O–H groups in total. The van der Waals surface area contributed by atoms with Gasteiger partial charge in [-0.05, 0) is 50.5 Å². The first kappa shape index (κ1) is 17.7. The van der Waals surface area contributed by atoms with E-state index in [0.717, 1.165) is 36.3 Å². The quantitative estimate of drug-likeness (QED) is 0.669. The van der Waals surface area contributed by atoms with E-state index in [2.05, 4.69) is 20.4 Å². The Kier molecular flexibility index (Phi) is 5.15. The van der Waals surface area contributed by atoms with Crippen LogP contribution in [0.2, 0.25) is 0 Å². The smallest absolute Gasteiger partial charge is 0.227 e. The summed E-state index contributed by atoms with van der Waals surface area (Å²) in [4.78, 5) is 22.3. The fraction of sp³-hybridized carbons (Fsp3) is 0.368. The molecule has 1 aromatic carbocycles. The third-order valence-corrected chi connectivity index (χ3v) is 5.37. The van der Waals surface area contributed by atoms with E-state index in [1.807, 2.05) is 31.2 Å². The molecule has 0 radical (unpaired) electrons. The number of hydrogen-bond acceptors (Lipinski definition) is 7. The van der Waals surface area contributed by atoms with E-state index in [0.29, 0.717) is 29.9 Å². The van der Waals surface area contributed by atoms with Gasteiger partial charge in [0.15, 0.2) is 5.13 Å². The molecule has 1 aliphatic carbocycles. The molecule has 0 saturated carbocycles. The standard InChI is InChI=1S/C19H20N4O3S/c1-2-25-13-8-6-12(7-9-13)18-22-17(26-23-18)11-10-16(24)21-19-20-14-4-3-5-15(14)27-19/h6-9H,2-5,10-11H2,1H3,(H,20,21,24). The van der Waals surface area contributed by atoms with E-state index in [1.165, 1.54) is 4.88 Å². The van der Waals surface area contributed by atoms with Gasteiger partial charge in [0, 0.05) is 23.3 Å². The van der Waals surface area contributed by atoms with Gasteiger partial charge in [-0.3, -0.25) is 4.79 Å². The van der Waals surface area contributed by atoms with Gasteiger partial charge in [-0.25, -0.2) is 4.98 Å². The second-order valence-electron chi connectivity index (χ2n) is 6.26. The van der Waals surface area contributed by atoms with Gasteiger partial charge in [0.2, 0.25) is 17.6 Å². The summed E-state index contributed by atoms with van der Waals surface area (Å²) < 4.78 is 10.7. The highest BCUT2D eigenvalue weighted by Crippen LogP contribution is 2.30. The van der Waals surface area contributed by atoms with Crippen molar-refractivity contribution < 1.29 is 14.1 Å². The molecule has 2 aromatic heterocycles. The second-order valence-corrected chi connectivity index (χ2v) is 7.34. The fourth-order valence-electron chi connectivity index (χ4n) is 2.99. The molecule has 0 spiro atoms. The Labute approximate surface area is 160 Å². The van der Waals surface area contributed by atoms with Crippen LogP contribution in [-0.4, -0.2) is 27.6 Å². The van der Waals surface area contributed by atoms with Gasteiger partial charge >= 0.3 is 0 Å². The maximum atomic E-state index is 12.1. The summed E-state index contributed by atoms with van der Waals surface area (Å²) in [5.74, 6) is 1.65. The van der Waals surface area contributed by atoms with Crippen LogP contribution >= 0.6 is 11.3 Å². The molecule has 0 aliphatic heterocycles. The lowest BCUT2D eigenvalue weighted by molar-refractivity contribution is -0.116. The summed E-state index contributed by atoms with van der Waals surface area (Å²) in [5.41, 5.74) is 1.97. The average molecular weight is 384 g/mol. The normalized spacial score (nSPS) is 12.8. The molecule has 0 saturated heterocycles. The number of hydrogen-bond donors (Lipinski definition) is 1. The van der Waals surface area contributed by atoms with Crippen molar-refractivity contribution >= 4 is 22.4 Å². The van der Waals surface area contributed by atoms with Gasteiger partial charge in [0.25, 0.3) is 0 Å². The maximum absolute atomic E-state index is 12.1. The molecule has 2 heterocycles. The number of nitrogens with zero attached hydrogens (tertiary/aromatic N) is 3. The number of carbonyl (C=O) groups is 1. The van der Waals surface area contributed by atoms with Gasteiger partial charge in [-0.2, -0.15) is 4.98 Å². The minimum atomic E-state index is -0.0942. The first-order chi connectivity index (χ1) is 13.2. The van der Waals surface area contributed by atoms with Crippen LogP contribution in [0.5, 0.6) is 5.75 Å². The van der Waals surface area contributed by atoms with Crippen LogP contribution in [0.25, 0.3) is 11.4 Å². The average Bonchev–Trinajstić information content (AvgIpc) is 3.37. The van der Waals surface area contributed by atoms with Crippen molar-refractivity contribution in [2.24, 2.45) is 0 Å². The molecule has 0 bridgehead atoms. The highest BCUT2D eigenvalue weighted by molar-refractivity contribution is 7.15. The number of aryl methyl sites for hydroxylation is 3. The van der Waals surface area contributed by atoms with Crippen molar-refractivity contribution in [1.29, 1.82) is 0 Å². The molecule has 4 rings (SSSR count). The predicted octanol–water partition coefficient (Wildman–Crippen LogP) is 3.65. The Balaban J connectivity index is 1.31. The van der Waals surface area contributed by atoms with Crippen LogP contribution in [-0.2, 0) is 24.1 Å². The third kappa shape index (κ3) is 4.16. The number of nitrogens with one attached hydrogen (secondary N) is 1. The zero-order chi connectivity index (χ0) is 18.6. The molecular formula is C19H20N4O3S. The number of benzene rings is 1. The van der Waals surface area contributed by atoms with Crippen molar-refractivity contribution in [2.75, 3.05) is 11.9 Å². The summed E-state index contributed by atoms with van der Waals surface area (Å²) in [5, 5.41) is 7.54. The second kappa shape index (κ2) is 7.87. The van der Waals surface area contributed by atoms with Gasteiger partial charge in [0.1, 0.15) is 5.75 Å². The van der Waals surface area contributed by atoms with Gasteiger partial charge in [-0.15, -0.1) is 11.3 Å². The lowest BCUT2D eigenvalue weighted by atomic mass is 10.2. The Bertz CT molecular complexity index is 911. The zero-order valence-electron chi connectivity index (χ0n) is 15.0. The summed E-state index contributed by atoms with van der Waals surface area (Å²) >= 11 is 1.57. The van der Waals surface area contributed by atoms with E-state index in [-0.39, 0.29) is 12.3 Å². The molecule has 0 fully saturated rings. The Morgan fingerprint density at radius 2 is 2.11 bits per heavy atom. The Hall–Kier alpha value is -2.74. The van der Waals surface area contributed by atoms with E-state index in [9.17, 15) is 4.79 Å². The Morgan fingerprint density at radius 3 is 2.89 bits per heavy atom. The van der Waals surface area contributed by atoms with Gasteiger partial charge in [0.05, 0.1) is 12.3 Å². The molecule has 1 amide bonds. The molecule has 27 heavy (non-hydrogen) atoms. The van der Waals surface area contributed by atoms with E-state index in [4.69, 9.17) is 9.26 Å². The van der Waals surface area contributed by atoms with Crippen molar-refractivity contribution in [2.45, 2.75) is 39.0 Å². The fourth-order valence-corrected chi connectivity index (χ4v) is 4.05. The molecule has 8 heteroatoms. The van der Waals surface area contributed by atoms with Crippen LogP contribution in [0.15, 0.2) is 28.8 Å².